The van der Waals surface area contributed by atoms with Gasteiger partial charge in [-0.25, -0.2) is 8.42 Å². The van der Waals surface area contributed by atoms with Crippen molar-refractivity contribution in [2.45, 2.75) is 37.6 Å². The van der Waals surface area contributed by atoms with Crippen LogP contribution in [-0.2, 0) is 14.8 Å². The van der Waals surface area contributed by atoms with Gasteiger partial charge in [-0.1, -0.05) is 29.8 Å². The van der Waals surface area contributed by atoms with Gasteiger partial charge in [0.1, 0.15) is 12.4 Å². The van der Waals surface area contributed by atoms with Crippen molar-refractivity contribution >= 4 is 21.6 Å². The van der Waals surface area contributed by atoms with Crippen LogP contribution in [0.2, 0.25) is 0 Å². The number of fused-ring (bicyclic) bond motifs is 1. The van der Waals surface area contributed by atoms with E-state index in [9.17, 15) is 13.2 Å². The van der Waals surface area contributed by atoms with Crippen molar-refractivity contribution in [3.05, 3.63) is 53.6 Å². The van der Waals surface area contributed by atoms with Gasteiger partial charge < -0.3 is 9.64 Å². The van der Waals surface area contributed by atoms with Crippen molar-refractivity contribution in [3.63, 3.8) is 0 Å². The van der Waals surface area contributed by atoms with Gasteiger partial charge in [0.15, 0.2) is 0 Å². The molecule has 2 aliphatic rings. The van der Waals surface area contributed by atoms with Crippen LogP contribution in [-0.4, -0.2) is 38.3 Å². The lowest BCUT2D eigenvalue weighted by Crippen LogP contribution is -2.36. The molecule has 28 heavy (non-hydrogen) atoms. The molecule has 0 bridgehead atoms. The first-order chi connectivity index (χ1) is 13.4. The van der Waals surface area contributed by atoms with Gasteiger partial charge in [0.2, 0.25) is 15.9 Å². The van der Waals surface area contributed by atoms with E-state index in [1.165, 1.54) is 6.92 Å². The quantitative estimate of drug-likeness (QED) is 0.793. The minimum Gasteiger partial charge on any atom is -0.490 e. The van der Waals surface area contributed by atoms with E-state index >= 15 is 0 Å². The monoisotopic (exact) mass is 400 g/mol. The van der Waals surface area contributed by atoms with Crippen molar-refractivity contribution in [1.29, 1.82) is 0 Å². The fourth-order valence-electron chi connectivity index (χ4n) is 3.97. The molecule has 2 aromatic rings. The summed E-state index contributed by atoms with van der Waals surface area (Å²) in [6, 6.07) is 12.7. The minimum atomic E-state index is -3.69. The highest BCUT2D eigenvalue weighted by Crippen LogP contribution is 2.39. The van der Waals surface area contributed by atoms with Gasteiger partial charge in [-0.3, -0.25) is 4.79 Å². The molecule has 1 saturated heterocycles. The zero-order valence-corrected chi connectivity index (χ0v) is 16.9. The lowest BCUT2D eigenvalue weighted by atomic mass is 10.0. The van der Waals surface area contributed by atoms with E-state index < -0.39 is 10.0 Å². The maximum Gasteiger partial charge on any atom is 0.243 e. The topological polar surface area (TPSA) is 66.9 Å². The number of rotatable bonds is 3. The molecule has 0 unspecified atom stereocenters. The lowest BCUT2D eigenvalue weighted by molar-refractivity contribution is -0.116. The Kier molecular flexibility index (Phi) is 4.89. The summed E-state index contributed by atoms with van der Waals surface area (Å²) in [7, 11) is -3.69. The fourth-order valence-corrected chi connectivity index (χ4v) is 5.67. The molecule has 2 heterocycles. The molecule has 0 spiro atoms. The van der Waals surface area contributed by atoms with Gasteiger partial charge in [-0.2, -0.15) is 4.31 Å². The molecule has 0 saturated carbocycles. The Bertz CT molecular complexity index is 1000. The second kappa shape index (κ2) is 7.22. The number of sulfonamides is 1. The number of anilines is 1. The molecular formula is C21H24N2O4S. The van der Waals surface area contributed by atoms with Crippen LogP contribution < -0.4 is 9.64 Å². The highest BCUT2D eigenvalue weighted by molar-refractivity contribution is 7.89. The summed E-state index contributed by atoms with van der Waals surface area (Å²) in [5, 5.41) is 0. The molecule has 148 valence electrons. The third-order valence-electron chi connectivity index (χ3n) is 5.45. The van der Waals surface area contributed by atoms with Crippen molar-refractivity contribution in [2.24, 2.45) is 0 Å². The molecule has 0 aromatic heterocycles. The summed E-state index contributed by atoms with van der Waals surface area (Å²) in [6.45, 7) is 4.81. The molecule has 7 heteroatoms. The van der Waals surface area contributed by atoms with E-state index in [0.717, 1.165) is 24.0 Å². The van der Waals surface area contributed by atoms with E-state index in [1.807, 2.05) is 31.2 Å². The molecule has 6 nitrogen and oxygen atoms in total. The van der Waals surface area contributed by atoms with Crippen LogP contribution in [0.25, 0.3) is 0 Å². The van der Waals surface area contributed by atoms with Gasteiger partial charge in [-0.05, 0) is 43.5 Å². The van der Waals surface area contributed by atoms with E-state index in [-0.39, 0.29) is 16.8 Å². The molecule has 1 atom stereocenters. The predicted octanol–water partition coefficient (Wildman–Crippen LogP) is 3.27. The zero-order valence-electron chi connectivity index (χ0n) is 16.1. The number of benzene rings is 2. The molecule has 4 rings (SSSR count). The van der Waals surface area contributed by atoms with Gasteiger partial charge in [0.25, 0.3) is 0 Å². The second-order valence-electron chi connectivity index (χ2n) is 7.33. The number of hydrogen-bond donors (Lipinski definition) is 0. The van der Waals surface area contributed by atoms with Crippen molar-refractivity contribution in [3.8, 4) is 5.75 Å². The maximum absolute atomic E-state index is 13.4. The number of hydrogen-bond acceptors (Lipinski definition) is 4. The number of aryl methyl sites for hydroxylation is 1. The molecule has 0 N–H and O–H groups in total. The number of carbonyl (C=O) groups excluding carboxylic acids is 1. The molecule has 1 amide bonds. The van der Waals surface area contributed by atoms with Crippen LogP contribution >= 0.6 is 0 Å². The van der Waals surface area contributed by atoms with Gasteiger partial charge in [0.05, 0.1) is 23.2 Å². The summed E-state index contributed by atoms with van der Waals surface area (Å²) in [5.41, 5.74) is 2.68. The van der Waals surface area contributed by atoms with Crippen LogP contribution in [0, 0.1) is 6.92 Å². The first kappa shape index (κ1) is 19.0. The van der Waals surface area contributed by atoms with Crippen molar-refractivity contribution < 1.29 is 17.9 Å². The van der Waals surface area contributed by atoms with Crippen LogP contribution in [0.15, 0.2) is 47.4 Å². The fraction of sp³-hybridized carbons (Fsp3) is 0.381. The molecule has 0 radical (unpaired) electrons. The van der Waals surface area contributed by atoms with E-state index in [0.29, 0.717) is 31.1 Å². The highest BCUT2D eigenvalue weighted by Gasteiger charge is 2.37. The van der Waals surface area contributed by atoms with Gasteiger partial charge in [0, 0.05) is 13.5 Å². The SMILES string of the molecule is CC(=O)N1CCOc2ccc(S(=O)(=O)N3CCC[C@H]3c3ccc(C)cc3)cc21. The summed E-state index contributed by atoms with van der Waals surface area (Å²) in [4.78, 5) is 13.7. The summed E-state index contributed by atoms with van der Waals surface area (Å²) < 4.78 is 34.0. The summed E-state index contributed by atoms with van der Waals surface area (Å²) in [6.07, 6.45) is 1.63. The molecule has 1 fully saturated rings. The average Bonchev–Trinajstić information content (AvgIpc) is 3.18. The summed E-state index contributed by atoms with van der Waals surface area (Å²) >= 11 is 0. The first-order valence-electron chi connectivity index (χ1n) is 9.51. The third kappa shape index (κ3) is 3.29. The second-order valence-corrected chi connectivity index (χ2v) is 9.22. The van der Waals surface area contributed by atoms with Gasteiger partial charge >= 0.3 is 0 Å². The van der Waals surface area contributed by atoms with Gasteiger partial charge in [-0.15, -0.1) is 0 Å². The molecule has 0 aliphatic carbocycles. The van der Waals surface area contributed by atoms with E-state index in [4.69, 9.17) is 4.74 Å². The Hall–Kier alpha value is -2.38. The Morgan fingerprint density at radius 1 is 1.11 bits per heavy atom. The normalized spacial score (nSPS) is 19.9. The minimum absolute atomic E-state index is 0.127. The van der Waals surface area contributed by atoms with Crippen LogP contribution in [0.3, 0.4) is 0 Å². The highest BCUT2D eigenvalue weighted by atomic mass is 32.2. The molecule has 2 aromatic carbocycles. The van der Waals surface area contributed by atoms with E-state index in [2.05, 4.69) is 0 Å². The first-order valence-corrected chi connectivity index (χ1v) is 11.0. The number of nitrogens with zero attached hydrogens (tertiary/aromatic N) is 2. The van der Waals surface area contributed by atoms with Crippen molar-refractivity contribution in [1.82, 2.24) is 4.31 Å². The Labute approximate surface area is 165 Å². The standard InChI is InChI=1S/C21H24N2O4S/c1-15-5-7-17(8-6-15)19-4-3-11-23(19)28(25,26)18-9-10-21-20(14-18)22(16(2)24)12-13-27-21/h5-10,14,19H,3-4,11-13H2,1-2H3/t19-/m0/s1. The number of amides is 1. The Morgan fingerprint density at radius 2 is 1.86 bits per heavy atom. The molecule has 2 aliphatic heterocycles. The van der Waals surface area contributed by atoms with Crippen LogP contribution in [0.1, 0.15) is 36.9 Å². The maximum atomic E-state index is 13.4. The predicted molar refractivity (Wildman–Crippen MR) is 107 cm³/mol. The van der Waals surface area contributed by atoms with E-state index in [1.54, 1.807) is 27.4 Å². The smallest absolute Gasteiger partial charge is 0.243 e. The average molecular weight is 401 g/mol. The molecular weight excluding hydrogens is 376 g/mol. The largest absolute Gasteiger partial charge is 0.490 e. The van der Waals surface area contributed by atoms with Crippen LogP contribution in [0.5, 0.6) is 5.75 Å². The zero-order chi connectivity index (χ0) is 19.9. The number of ether oxygens (including phenoxy) is 1. The number of carbonyl (C=O) groups is 1. The third-order valence-corrected chi connectivity index (χ3v) is 7.35. The Balaban J connectivity index is 1.71. The van der Waals surface area contributed by atoms with Crippen molar-refractivity contribution in [2.75, 3.05) is 24.6 Å². The Morgan fingerprint density at radius 3 is 2.57 bits per heavy atom. The summed E-state index contributed by atoms with van der Waals surface area (Å²) in [5.74, 6) is 0.412. The van der Waals surface area contributed by atoms with Crippen LogP contribution in [0.4, 0.5) is 5.69 Å². The lowest BCUT2D eigenvalue weighted by Gasteiger charge is -2.30.